The summed E-state index contributed by atoms with van der Waals surface area (Å²) in [7, 11) is -0.861. The third-order valence-corrected chi connectivity index (χ3v) is 2.08. The molecule has 0 amide bonds. The van der Waals surface area contributed by atoms with Gasteiger partial charge in [-0.3, -0.25) is 0 Å². The Balaban J connectivity index is -0.0000000794. The van der Waals surface area contributed by atoms with Gasteiger partial charge in [0.2, 0.25) is 0 Å². The van der Waals surface area contributed by atoms with E-state index in [1.165, 1.54) is 44.9 Å². The normalized spacial score (nSPS) is 16.1. The summed E-state index contributed by atoms with van der Waals surface area (Å²) in [4.78, 5) is 0. The first-order chi connectivity index (χ1) is 8.00. The van der Waals surface area contributed by atoms with Crippen LogP contribution in [-0.4, -0.2) is 21.3 Å². The van der Waals surface area contributed by atoms with Crippen molar-refractivity contribution >= 4 is 8.07 Å². The Morgan fingerprint density at radius 1 is 0.737 bits per heavy atom. The average molecular weight is 319 g/mol. The summed E-state index contributed by atoms with van der Waals surface area (Å²) in [6.45, 7) is 17.6. The van der Waals surface area contributed by atoms with Crippen molar-refractivity contribution in [3.8, 4) is 0 Å². The van der Waals surface area contributed by atoms with E-state index in [9.17, 15) is 0 Å². The Morgan fingerprint density at radius 2 is 0.947 bits per heavy atom. The molecular formula is C16H37OScSi. The van der Waals surface area contributed by atoms with Gasteiger partial charge in [-0.05, 0) is 12.8 Å². The molecular weight excluding hydrogens is 281 g/mol. The van der Waals surface area contributed by atoms with Gasteiger partial charge in [0.05, 0.1) is 0 Å². The Labute approximate surface area is 144 Å². The SMILES string of the molecule is C1CCCC1.C1CCOC1.[CH2-]C.[CH2-][Si](C)(C)C.[CH3-].[Sc+3]. The van der Waals surface area contributed by atoms with E-state index >= 15 is 0 Å². The van der Waals surface area contributed by atoms with E-state index in [1.54, 1.807) is 6.92 Å². The number of ether oxygens (including phenoxy) is 1. The Bertz CT molecular complexity index is 96.0. The first-order valence-corrected chi connectivity index (χ1v) is 10.8. The van der Waals surface area contributed by atoms with Crippen molar-refractivity contribution in [2.75, 3.05) is 13.2 Å². The zero-order valence-corrected chi connectivity index (χ0v) is 17.1. The zero-order chi connectivity index (χ0) is 13.6. The summed E-state index contributed by atoms with van der Waals surface area (Å²) >= 11 is 0. The van der Waals surface area contributed by atoms with Gasteiger partial charge in [0.25, 0.3) is 0 Å². The van der Waals surface area contributed by atoms with E-state index in [4.69, 9.17) is 4.74 Å². The molecule has 2 aliphatic rings. The van der Waals surface area contributed by atoms with Crippen LogP contribution < -0.4 is 0 Å². The van der Waals surface area contributed by atoms with Crippen LogP contribution in [0.2, 0.25) is 19.6 Å². The smallest absolute Gasteiger partial charge is 0.381 e. The number of rotatable bonds is 0. The zero-order valence-electron chi connectivity index (χ0n) is 14.3. The fraction of sp³-hybridized carbons (Fsp3) is 0.812. The molecule has 19 heavy (non-hydrogen) atoms. The monoisotopic (exact) mass is 318 g/mol. The fourth-order valence-corrected chi connectivity index (χ4v) is 1.39. The first kappa shape index (κ1) is 28.2. The third-order valence-electron chi connectivity index (χ3n) is 2.08. The molecule has 1 saturated heterocycles. The summed E-state index contributed by atoms with van der Waals surface area (Å²) < 4.78 is 4.94. The minimum Gasteiger partial charge on any atom is -0.381 e. The predicted molar refractivity (Wildman–Crippen MR) is 89.3 cm³/mol. The fourth-order valence-electron chi connectivity index (χ4n) is 1.39. The maximum absolute atomic E-state index is 4.94. The van der Waals surface area contributed by atoms with Crippen molar-refractivity contribution in [1.82, 2.24) is 0 Å². The molecule has 3 heteroatoms. The second-order valence-corrected chi connectivity index (χ2v) is 10.8. The van der Waals surface area contributed by atoms with E-state index in [1.807, 2.05) is 0 Å². The van der Waals surface area contributed by atoms with Gasteiger partial charge >= 0.3 is 25.8 Å². The van der Waals surface area contributed by atoms with E-state index < -0.39 is 8.07 Å². The molecule has 1 nitrogen and oxygen atoms in total. The van der Waals surface area contributed by atoms with Crippen LogP contribution in [0, 0.1) is 20.9 Å². The van der Waals surface area contributed by atoms with Crippen molar-refractivity contribution in [2.45, 2.75) is 71.5 Å². The molecule has 0 aromatic heterocycles. The van der Waals surface area contributed by atoms with E-state index in [0.29, 0.717) is 0 Å². The second-order valence-electron chi connectivity index (χ2n) is 5.65. The van der Waals surface area contributed by atoms with Gasteiger partial charge in [0, 0.05) is 13.2 Å². The quantitative estimate of drug-likeness (QED) is 0.409. The largest absolute Gasteiger partial charge is 3.00 e. The number of hydrogen-bond donors (Lipinski definition) is 0. The van der Waals surface area contributed by atoms with Crippen molar-refractivity contribution in [3.05, 3.63) is 20.9 Å². The van der Waals surface area contributed by atoms with Gasteiger partial charge in [0.1, 0.15) is 0 Å². The third kappa shape index (κ3) is 45.4. The van der Waals surface area contributed by atoms with E-state index in [-0.39, 0.29) is 33.3 Å². The second kappa shape index (κ2) is 21.3. The molecule has 2 fully saturated rings. The molecule has 0 bridgehead atoms. The minimum atomic E-state index is -0.861. The summed E-state index contributed by atoms with van der Waals surface area (Å²) in [6.07, 6.45) is 10.1. The van der Waals surface area contributed by atoms with Gasteiger partial charge < -0.3 is 25.6 Å². The van der Waals surface area contributed by atoms with Crippen LogP contribution in [0.3, 0.4) is 0 Å². The van der Waals surface area contributed by atoms with Gasteiger partial charge in [-0.15, -0.1) is 8.07 Å². The first-order valence-electron chi connectivity index (χ1n) is 7.14. The molecule has 2 rings (SSSR count). The summed E-state index contributed by atoms with van der Waals surface area (Å²) in [5.41, 5.74) is 0. The van der Waals surface area contributed by atoms with Crippen LogP contribution in [-0.2, 0) is 30.6 Å². The predicted octanol–water partition coefficient (Wildman–Crippen LogP) is 5.73. The van der Waals surface area contributed by atoms with Gasteiger partial charge in [-0.1, -0.05) is 51.7 Å². The molecule has 114 valence electrons. The van der Waals surface area contributed by atoms with Gasteiger partial charge in [-0.25, -0.2) is 0 Å². The van der Waals surface area contributed by atoms with Crippen LogP contribution in [0.5, 0.6) is 0 Å². The average Bonchev–Trinajstić information content (AvgIpc) is 2.97. The Kier molecular flexibility index (Phi) is 31.7. The van der Waals surface area contributed by atoms with Crippen LogP contribution in [0.25, 0.3) is 0 Å². The Morgan fingerprint density at radius 3 is 1.05 bits per heavy atom. The summed E-state index contributed by atoms with van der Waals surface area (Å²) in [6, 6.07) is 0. The summed E-state index contributed by atoms with van der Waals surface area (Å²) in [5, 5.41) is 0. The molecule has 0 unspecified atom stereocenters. The minimum absolute atomic E-state index is 0. The van der Waals surface area contributed by atoms with Crippen molar-refractivity contribution in [1.29, 1.82) is 0 Å². The molecule has 0 aromatic rings. The van der Waals surface area contributed by atoms with Gasteiger partial charge in [-0.2, -0.15) is 6.92 Å². The van der Waals surface area contributed by atoms with Crippen LogP contribution >= 0.6 is 0 Å². The molecule has 1 aliphatic carbocycles. The van der Waals surface area contributed by atoms with Crippen LogP contribution in [0.15, 0.2) is 0 Å². The molecule has 1 aliphatic heterocycles. The number of hydrogen-bond acceptors (Lipinski definition) is 1. The maximum Gasteiger partial charge on any atom is 3.00 e. The Hall–Kier alpha value is 1.05. The maximum atomic E-state index is 4.94. The molecule has 0 N–H and O–H groups in total. The summed E-state index contributed by atoms with van der Waals surface area (Å²) in [5.74, 6) is 0. The van der Waals surface area contributed by atoms with Crippen molar-refractivity contribution in [2.24, 2.45) is 0 Å². The molecule has 0 radical (unpaired) electrons. The topological polar surface area (TPSA) is 9.23 Å². The van der Waals surface area contributed by atoms with Crippen LogP contribution in [0.4, 0.5) is 0 Å². The van der Waals surface area contributed by atoms with Crippen molar-refractivity contribution < 1.29 is 30.6 Å². The van der Waals surface area contributed by atoms with Crippen LogP contribution in [0.1, 0.15) is 51.9 Å². The molecule has 1 saturated carbocycles. The van der Waals surface area contributed by atoms with Crippen molar-refractivity contribution in [3.63, 3.8) is 0 Å². The van der Waals surface area contributed by atoms with E-state index in [0.717, 1.165) is 13.2 Å². The molecule has 0 atom stereocenters. The van der Waals surface area contributed by atoms with E-state index in [2.05, 4.69) is 33.1 Å². The van der Waals surface area contributed by atoms with Gasteiger partial charge in [0.15, 0.2) is 0 Å². The standard InChI is InChI=1S/C5H10.C4H8O.C4H11Si.C2H5.CH3.Sc/c2*1-2-4-5-3-1;1-5(2,3)4;1-2;;/h1-5H2;1-4H2;1H2,2-4H3;1H2,2H3;1H3;/q;;3*-1;+3. The molecule has 0 spiro atoms. The molecule has 0 aromatic carbocycles. The molecule has 1 heterocycles.